The van der Waals surface area contributed by atoms with E-state index in [1.807, 2.05) is 0 Å². The van der Waals surface area contributed by atoms with Gasteiger partial charge in [0.15, 0.2) is 0 Å². The summed E-state index contributed by atoms with van der Waals surface area (Å²) in [6.45, 7) is 3.60. The number of hydrogen-bond acceptors (Lipinski definition) is 2. The molecule has 0 saturated carbocycles. The Bertz CT molecular complexity index is 111. The fourth-order valence-electron chi connectivity index (χ4n) is 0.413. The maximum atomic E-state index is 11.7. The van der Waals surface area contributed by atoms with Gasteiger partial charge in [0.25, 0.3) is 0 Å². The monoisotopic (exact) mass is 152 g/mol. The van der Waals surface area contributed by atoms with Crippen molar-refractivity contribution in [3.63, 3.8) is 0 Å². The van der Waals surface area contributed by atoms with Gasteiger partial charge in [-0.25, -0.2) is 0 Å². The van der Waals surface area contributed by atoms with Crippen molar-refractivity contribution in [2.24, 2.45) is 0 Å². The molecule has 60 valence electrons. The van der Waals surface area contributed by atoms with Gasteiger partial charge in [0, 0.05) is 0 Å². The van der Waals surface area contributed by atoms with Gasteiger partial charge >= 0.3 is 12.0 Å². The van der Waals surface area contributed by atoms with Gasteiger partial charge in [0.05, 0.1) is 13.2 Å². The third-order valence-electron chi connectivity index (χ3n) is 0.705. The molecule has 0 heterocycles. The van der Waals surface area contributed by atoms with Gasteiger partial charge in [-0.1, -0.05) is 0 Å². The molecule has 0 bridgehead atoms. The minimum Gasteiger partial charge on any atom is -0.462 e. The van der Waals surface area contributed by atoms with Gasteiger partial charge in [-0.3, -0.25) is 0 Å². The van der Waals surface area contributed by atoms with Crippen LogP contribution in [0, 0.1) is 0 Å². The Balaban J connectivity index is 3.86. The van der Waals surface area contributed by atoms with E-state index in [4.69, 9.17) is 0 Å². The average Bonchev–Trinajstić information content (AvgIpc) is 1.87. The van der Waals surface area contributed by atoms with Crippen molar-refractivity contribution in [2.75, 3.05) is 13.2 Å². The molecule has 0 aliphatic rings. The molecule has 4 heteroatoms. The Morgan fingerprint density at radius 3 is 1.70 bits per heavy atom. The molecular formula is C6H10F2O2. The van der Waals surface area contributed by atoms with Crippen LogP contribution in [0.2, 0.25) is 0 Å². The molecule has 0 N–H and O–H groups in total. The van der Waals surface area contributed by atoms with E-state index in [9.17, 15) is 8.78 Å². The van der Waals surface area contributed by atoms with Gasteiger partial charge < -0.3 is 9.47 Å². The predicted molar refractivity (Wildman–Crippen MR) is 32.5 cm³/mol. The molecule has 0 aliphatic carbocycles. The van der Waals surface area contributed by atoms with Crippen molar-refractivity contribution in [2.45, 2.75) is 13.8 Å². The third kappa shape index (κ3) is 3.27. The third-order valence-corrected chi connectivity index (χ3v) is 0.705. The topological polar surface area (TPSA) is 18.5 Å². The first-order valence-corrected chi connectivity index (χ1v) is 3.03. The summed E-state index contributed by atoms with van der Waals surface area (Å²) in [4.78, 5) is 0. The van der Waals surface area contributed by atoms with E-state index in [-0.39, 0.29) is 13.2 Å². The van der Waals surface area contributed by atoms with E-state index < -0.39 is 12.0 Å². The summed E-state index contributed by atoms with van der Waals surface area (Å²) in [6, 6.07) is 0. The number of halogens is 2. The second-order valence-electron chi connectivity index (χ2n) is 1.41. The first kappa shape index (κ1) is 9.20. The van der Waals surface area contributed by atoms with Gasteiger partial charge in [-0.15, -0.1) is 0 Å². The van der Waals surface area contributed by atoms with E-state index in [1.165, 1.54) is 0 Å². The average molecular weight is 152 g/mol. The molecular weight excluding hydrogens is 142 g/mol. The highest BCUT2D eigenvalue weighted by Crippen LogP contribution is 2.09. The summed E-state index contributed by atoms with van der Waals surface area (Å²) in [5, 5.41) is 0. The van der Waals surface area contributed by atoms with Crippen LogP contribution in [0.4, 0.5) is 8.78 Å². The number of ether oxygens (including phenoxy) is 2. The molecule has 0 radical (unpaired) electrons. The fourth-order valence-corrected chi connectivity index (χ4v) is 0.413. The van der Waals surface area contributed by atoms with E-state index in [0.717, 1.165) is 0 Å². The fraction of sp³-hybridized carbons (Fsp3) is 0.667. The zero-order valence-corrected chi connectivity index (χ0v) is 5.99. The van der Waals surface area contributed by atoms with Crippen molar-refractivity contribution in [3.8, 4) is 0 Å². The second kappa shape index (κ2) is 5.02. The lowest BCUT2D eigenvalue weighted by molar-refractivity contribution is 0.0268. The predicted octanol–water partition coefficient (Wildman–Crippen LogP) is 2.12. The summed E-state index contributed by atoms with van der Waals surface area (Å²) in [6.07, 6.45) is -1.91. The van der Waals surface area contributed by atoms with Crippen LogP contribution >= 0.6 is 0 Å². The highest BCUT2D eigenvalue weighted by atomic mass is 19.3. The lowest BCUT2D eigenvalue weighted by Gasteiger charge is -2.05. The molecule has 2 nitrogen and oxygen atoms in total. The summed E-state index contributed by atoms with van der Waals surface area (Å²) < 4.78 is 32.3. The van der Waals surface area contributed by atoms with Crippen molar-refractivity contribution < 1.29 is 18.3 Å². The van der Waals surface area contributed by atoms with Crippen LogP contribution in [0.1, 0.15) is 13.8 Å². The molecule has 0 saturated heterocycles. The van der Waals surface area contributed by atoms with Crippen LogP contribution in [0.25, 0.3) is 0 Å². The van der Waals surface area contributed by atoms with Gasteiger partial charge in [0.1, 0.15) is 0 Å². The molecule has 0 atom stereocenters. The first-order chi connectivity index (χ1) is 4.72. The summed E-state index contributed by atoms with van der Waals surface area (Å²) >= 11 is 0. The van der Waals surface area contributed by atoms with Crippen molar-refractivity contribution in [3.05, 3.63) is 12.0 Å². The SMILES string of the molecule is CCOC(OCC)=C(F)F. The van der Waals surface area contributed by atoms with Gasteiger partial charge in [-0.2, -0.15) is 8.78 Å². The van der Waals surface area contributed by atoms with E-state index in [2.05, 4.69) is 9.47 Å². The van der Waals surface area contributed by atoms with Crippen LogP contribution in [-0.2, 0) is 9.47 Å². The molecule has 0 unspecified atom stereocenters. The van der Waals surface area contributed by atoms with E-state index >= 15 is 0 Å². The summed E-state index contributed by atoms with van der Waals surface area (Å²) in [7, 11) is 0. The quantitative estimate of drug-likeness (QED) is 0.574. The zero-order valence-electron chi connectivity index (χ0n) is 5.99. The molecule has 0 fully saturated rings. The Kier molecular flexibility index (Phi) is 4.62. The molecule has 0 aromatic rings. The van der Waals surface area contributed by atoms with Crippen LogP contribution in [0.15, 0.2) is 12.0 Å². The zero-order chi connectivity index (χ0) is 7.98. The van der Waals surface area contributed by atoms with Crippen LogP contribution in [0.5, 0.6) is 0 Å². The Morgan fingerprint density at radius 2 is 1.50 bits per heavy atom. The minimum absolute atomic E-state index is 0.187. The molecule has 0 amide bonds. The van der Waals surface area contributed by atoms with Crippen LogP contribution in [0.3, 0.4) is 0 Å². The Hall–Kier alpha value is -0.800. The molecule has 0 rings (SSSR count). The summed E-state index contributed by atoms with van der Waals surface area (Å²) in [5.41, 5.74) is 0. The maximum Gasteiger partial charge on any atom is 0.350 e. The van der Waals surface area contributed by atoms with Crippen molar-refractivity contribution >= 4 is 0 Å². The molecule has 0 aliphatic heterocycles. The maximum absolute atomic E-state index is 11.7. The smallest absolute Gasteiger partial charge is 0.350 e. The standard InChI is InChI=1S/C6H10F2O2/c1-3-9-6(5(7)8)10-4-2/h3-4H2,1-2H3. The van der Waals surface area contributed by atoms with Crippen LogP contribution < -0.4 is 0 Å². The normalized spacial score (nSPS) is 8.80. The number of hydrogen-bond donors (Lipinski definition) is 0. The Labute approximate surface area is 58.4 Å². The molecule has 0 aromatic heterocycles. The summed E-state index contributed by atoms with van der Waals surface area (Å²) in [5.74, 6) is -0.662. The lowest BCUT2D eigenvalue weighted by Crippen LogP contribution is -1.98. The number of rotatable bonds is 4. The van der Waals surface area contributed by atoms with Crippen molar-refractivity contribution in [1.82, 2.24) is 0 Å². The van der Waals surface area contributed by atoms with Gasteiger partial charge in [-0.05, 0) is 13.8 Å². The molecule has 0 aromatic carbocycles. The second-order valence-corrected chi connectivity index (χ2v) is 1.41. The van der Waals surface area contributed by atoms with Crippen molar-refractivity contribution in [1.29, 1.82) is 0 Å². The highest BCUT2D eigenvalue weighted by Gasteiger charge is 2.06. The largest absolute Gasteiger partial charge is 0.462 e. The molecule has 10 heavy (non-hydrogen) atoms. The first-order valence-electron chi connectivity index (χ1n) is 3.03. The van der Waals surface area contributed by atoms with E-state index in [0.29, 0.717) is 0 Å². The minimum atomic E-state index is -1.91. The van der Waals surface area contributed by atoms with Crippen LogP contribution in [-0.4, -0.2) is 13.2 Å². The lowest BCUT2D eigenvalue weighted by atomic mass is 10.8. The highest BCUT2D eigenvalue weighted by molar-refractivity contribution is 4.82. The van der Waals surface area contributed by atoms with E-state index in [1.54, 1.807) is 13.8 Å². The molecule has 0 spiro atoms. The Morgan fingerprint density at radius 1 is 1.10 bits per heavy atom. The van der Waals surface area contributed by atoms with Gasteiger partial charge in [0.2, 0.25) is 0 Å².